The number of carbonyl (C=O) groups is 2. The van der Waals surface area contributed by atoms with E-state index in [1.165, 1.54) is 13.1 Å². The molecule has 1 atom stereocenters. The minimum absolute atomic E-state index is 0.184. The molecule has 0 aliphatic rings. The molecule has 0 aliphatic carbocycles. The average Bonchev–Trinajstić information content (AvgIpc) is 3.10. The maximum Gasteiger partial charge on any atom is 0.309 e. The number of rotatable bonds is 5. The van der Waals surface area contributed by atoms with Crippen LogP contribution in [0.25, 0.3) is 0 Å². The predicted molar refractivity (Wildman–Crippen MR) is 87.8 cm³/mol. The van der Waals surface area contributed by atoms with Crippen molar-refractivity contribution in [3.05, 3.63) is 53.4 Å². The van der Waals surface area contributed by atoms with Crippen molar-refractivity contribution in [2.45, 2.75) is 9.46 Å². The van der Waals surface area contributed by atoms with Crippen LogP contribution in [0.4, 0.5) is 0 Å². The molecule has 0 saturated heterocycles. The highest BCUT2D eigenvalue weighted by Gasteiger charge is 2.30. The van der Waals surface area contributed by atoms with Gasteiger partial charge in [-0.1, -0.05) is 36.4 Å². The molecule has 122 valence electrons. The first-order valence-electron chi connectivity index (χ1n) is 6.79. The molecule has 1 aromatic heterocycles. The molecule has 1 heterocycles. The van der Waals surface area contributed by atoms with Crippen molar-refractivity contribution in [1.29, 1.82) is 0 Å². The van der Waals surface area contributed by atoms with E-state index in [1.54, 1.807) is 41.8 Å². The highest BCUT2D eigenvalue weighted by Crippen LogP contribution is 2.30. The van der Waals surface area contributed by atoms with E-state index in [-0.39, 0.29) is 10.8 Å². The number of likely N-dealkylation sites (N-methyl/N-ethyl adjacent to an activating group) is 1. The van der Waals surface area contributed by atoms with E-state index >= 15 is 0 Å². The van der Waals surface area contributed by atoms with Crippen molar-refractivity contribution in [1.82, 2.24) is 10.6 Å². The van der Waals surface area contributed by atoms with Gasteiger partial charge >= 0.3 is 11.8 Å². The van der Waals surface area contributed by atoms with Crippen LogP contribution in [0.2, 0.25) is 0 Å². The second-order valence-electron chi connectivity index (χ2n) is 4.67. The third-order valence-electron chi connectivity index (χ3n) is 3.20. The summed E-state index contributed by atoms with van der Waals surface area (Å²) < 4.78 is 25.8. The fourth-order valence-corrected chi connectivity index (χ4v) is 4.89. The number of sulfone groups is 1. The van der Waals surface area contributed by atoms with Crippen molar-refractivity contribution in [3.63, 3.8) is 0 Å². The van der Waals surface area contributed by atoms with Crippen LogP contribution in [0.1, 0.15) is 10.8 Å². The van der Waals surface area contributed by atoms with Crippen molar-refractivity contribution in [2.75, 3.05) is 13.6 Å². The fourth-order valence-electron chi connectivity index (χ4n) is 2.02. The first kappa shape index (κ1) is 17.2. The minimum Gasteiger partial charge on any atom is -0.351 e. The first-order valence-corrected chi connectivity index (χ1v) is 9.21. The van der Waals surface area contributed by atoms with Gasteiger partial charge in [-0.3, -0.25) is 9.59 Å². The first-order chi connectivity index (χ1) is 11.0. The van der Waals surface area contributed by atoms with Gasteiger partial charge in [0.1, 0.15) is 9.46 Å². The van der Waals surface area contributed by atoms with Gasteiger partial charge in [0.05, 0.1) is 0 Å². The van der Waals surface area contributed by atoms with E-state index in [0.29, 0.717) is 5.56 Å². The Morgan fingerprint density at radius 2 is 1.78 bits per heavy atom. The third kappa shape index (κ3) is 3.96. The molecule has 2 amide bonds. The number of benzene rings is 1. The largest absolute Gasteiger partial charge is 0.351 e. The molecule has 0 bridgehead atoms. The molecule has 0 spiro atoms. The second-order valence-corrected chi connectivity index (χ2v) is 7.97. The molecule has 6 nitrogen and oxygen atoms in total. The van der Waals surface area contributed by atoms with E-state index in [0.717, 1.165) is 11.3 Å². The highest BCUT2D eigenvalue weighted by molar-refractivity contribution is 7.93. The smallest absolute Gasteiger partial charge is 0.309 e. The Labute approximate surface area is 138 Å². The van der Waals surface area contributed by atoms with Gasteiger partial charge in [0.15, 0.2) is 9.84 Å². The van der Waals surface area contributed by atoms with Crippen LogP contribution in [0.3, 0.4) is 0 Å². The van der Waals surface area contributed by atoms with Crippen LogP contribution >= 0.6 is 11.3 Å². The molecule has 23 heavy (non-hydrogen) atoms. The van der Waals surface area contributed by atoms with E-state index in [2.05, 4.69) is 10.6 Å². The van der Waals surface area contributed by atoms with Gasteiger partial charge in [0, 0.05) is 13.6 Å². The Hall–Kier alpha value is -2.19. The van der Waals surface area contributed by atoms with Crippen LogP contribution in [0, 0.1) is 0 Å². The summed E-state index contributed by atoms with van der Waals surface area (Å²) >= 11 is 1.12. The number of carbonyl (C=O) groups excluding carboxylic acids is 2. The van der Waals surface area contributed by atoms with Gasteiger partial charge in [-0.25, -0.2) is 8.42 Å². The van der Waals surface area contributed by atoms with Crippen LogP contribution in [0.15, 0.2) is 52.1 Å². The SMILES string of the molecule is CNC(=O)C(=O)NC[C@H](c1ccccc1)S(=O)(=O)c1cccs1. The second kappa shape index (κ2) is 7.38. The summed E-state index contributed by atoms with van der Waals surface area (Å²) in [5.41, 5.74) is 0.554. The topological polar surface area (TPSA) is 92.3 Å². The molecule has 0 radical (unpaired) electrons. The Bertz CT molecular complexity index is 771. The summed E-state index contributed by atoms with van der Waals surface area (Å²) in [6, 6.07) is 11.8. The van der Waals surface area contributed by atoms with Crippen LogP contribution < -0.4 is 10.6 Å². The number of nitrogens with one attached hydrogen (secondary N) is 2. The number of amides is 2. The Kier molecular flexibility index (Phi) is 5.51. The average molecular weight is 352 g/mol. The van der Waals surface area contributed by atoms with Crippen molar-refractivity contribution in [3.8, 4) is 0 Å². The van der Waals surface area contributed by atoms with Gasteiger partial charge in [0.2, 0.25) is 0 Å². The summed E-state index contributed by atoms with van der Waals surface area (Å²) in [6.07, 6.45) is 0. The number of hydrogen-bond acceptors (Lipinski definition) is 5. The van der Waals surface area contributed by atoms with Crippen LogP contribution in [-0.2, 0) is 19.4 Å². The van der Waals surface area contributed by atoms with Gasteiger partial charge in [-0.05, 0) is 17.0 Å². The van der Waals surface area contributed by atoms with Crippen molar-refractivity contribution in [2.24, 2.45) is 0 Å². The Morgan fingerprint density at radius 1 is 1.09 bits per heavy atom. The van der Waals surface area contributed by atoms with Gasteiger partial charge < -0.3 is 10.6 Å². The van der Waals surface area contributed by atoms with Gasteiger partial charge in [-0.15, -0.1) is 11.3 Å². The standard InChI is InChI=1S/C15H16N2O4S2/c1-16-14(18)15(19)17-10-12(11-6-3-2-4-7-11)23(20,21)13-8-5-9-22-13/h2-9,12H,10H2,1H3,(H,16,18)(H,17,19)/t12-/m1/s1. The normalized spacial score (nSPS) is 12.4. The van der Waals surface area contributed by atoms with E-state index in [1.807, 2.05) is 0 Å². The quantitative estimate of drug-likeness (QED) is 0.789. The monoisotopic (exact) mass is 352 g/mol. The molecule has 0 unspecified atom stereocenters. The van der Waals surface area contributed by atoms with Crippen LogP contribution in [-0.4, -0.2) is 33.8 Å². The summed E-state index contributed by atoms with van der Waals surface area (Å²) in [4.78, 5) is 22.9. The van der Waals surface area contributed by atoms with Crippen LogP contribution in [0.5, 0.6) is 0 Å². The predicted octanol–water partition coefficient (Wildman–Crippen LogP) is 1.13. The number of thiophene rings is 1. The minimum atomic E-state index is -3.67. The Balaban J connectivity index is 2.30. The molecular weight excluding hydrogens is 336 g/mol. The third-order valence-corrected chi connectivity index (χ3v) is 6.73. The molecule has 2 aromatic rings. The molecule has 2 rings (SSSR count). The number of hydrogen-bond donors (Lipinski definition) is 2. The van der Waals surface area contributed by atoms with Crippen molar-refractivity contribution >= 4 is 33.0 Å². The fraction of sp³-hybridized carbons (Fsp3) is 0.200. The molecule has 8 heteroatoms. The Morgan fingerprint density at radius 3 is 2.35 bits per heavy atom. The maximum atomic E-state index is 12.8. The molecular formula is C15H16N2O4S2. The lowest BCUT2D eigenvalue weighted by Gasteiger charge is -2.17. The zero-order valence-electron chi connectivity index (χ0n) is 12.4. The zero-order valence-corrected chi connectivity index (χ0v) is 14.0. The van der Waals surface area contributed by atoms with E-state index in [4.69, 9.17) is 0 Å². The van der Waals surface area contributed by atoms with Crippen molar-refractivity contribution < 1.29 is 18.0 Å². The summed E-state index contributed by atoms with van der Waals surface area (Å²) in [5, 5.41) is 5.29. The lowest BCUT2D eigenvalue weighted by atomic mass is 10.1. The molecule has 0 saturated carbocycles. The van der Waals surface area contributed by atoms with Gasteiger partial charge in [0.25, 0.3) is 0 Å². The summed E-state index contributed by atoms with van der Waals surface area (Å²) in [7, 11) is -2.33. The molecule has 0 fully saturated rings. The molecule has 2 N–H and O–H groups in total. The maximum absolute atomic E-state index is 12.8. The highest BCUT2D eigenvalue weighted by atomic mass is 32.2. The lowest BCUT2D eigenvalue weighted by molar-refractivity contribution is -0.138. The van der Waals surface area contributed by atoms with Gasteiger partial charge in [-0.2, -0.15) is 0 Å². The van der Waals surface area contributed by atoms with E-state index < -0.39 is 26.9 Å². The molecule has 1 aromatic carbocycles. The molecule has 0 aliphatic heterocycles. The summed E-state index contributed by atoms with van der Waals surface area (Å²) in [6.45, 7) is -0.184. The zero-order chi connectivity index (χ0) is 16.9. The van der Waals surface area contributed by atoms with E-state index in [9.17, 15) is 18.0 Å². The lowest BCUT2D eigenvalue weighted by Crippen LogP contribution is -2.40. The summed E-state index contributed by atoms with van der Waals surface area (Å²) in [5.74, 6) is -1.68.